The van der Waals surface area contributed by atoms with E-state index in [1.54, 1.807) is 0 Å². The highest BCUT2D eigenvalue weighted by molar-refractivity contribution is 4.83. The first-order chi connectivity index (χ1) is 4.63. The summed E-state index contributed by atoms with van der Waals surface area (Å²) in [6.45, 7) is 4.48. The van der Waals surface area contributed by atoms with Crippen molar-refractivity contribution in [2.24, 2.45) is 0 Å². The highest BCUT2D eigenvalue weighted by atomic mass is 16.3. The van der Waals surface area contributed by atoms with Gasteiger partial charge in [0.05, 0.1) is 6.61 Å². The van der Waals surface area contributed by atoms with Crippen LogP contribution in [-0.4, -0.2) is 36.2 Å². The van der Waals surface area contributed by atoms with E-state index < -0.39 is 0 Å². The van der Waals surface area contributed by atoms with E-state index in [1.165, 1.54) is 0 Å². The first-order valence-corrected chi connectivity index (χ1v) is 3.91. The van der Waals surface area contributed by atoms with Gasteiger partial charge < -0.3 is 10.0 Å². The van der Waals surface area contributed by atoms with Crippen LogP contribution in [0.3, 0.4) is 0 Å². The van der Waals surface area contributed by atoms with Gasteiger partial charge in [0.1, 0.15) is 0 Å². The van der Waals surface area contributed by atoms with Crippen molar-refractivity contribution < 1.29 is 5.11 Å². The van der Waals surface area contributed by atoms with Crippen molar-refractivity contribution >= 4 is 0 Å². The molecule has 0 amide bonds. The standard InChI is InChI=1S/C8H19NO/c1-5-8(6-2,7-10)9(3)4/h10H,5-7H2,1-4H3. The molecule has 0 aromatic carbocycles. The fourth-order valence-corrected chi connectivity index (χ4v) is 1.25. The molecule has 0 aliphatic heterocycles. The fourth-order valence-electron chi connectivity index (χ4n) is 1.25. The van der Waals surface area contributed by atoms with Crippen LogP contribution in [0, 0.1) is 0 Å². The second-order valence-corrected chi connectivity index (χ2v) is 2.98. The molecule has 0 radical (unpaired) electrons. The third-order valence-electron chi connectivity index (χ3n) is 2.56. The molecule has 0 heterocycles. The Morgan fingerprint density at radius 1 is 1.20 bits per heavy atom. The largest absolute Gasteiger partial charge is 0.394 e. The third kappa shape index (κ3) is 1.70. The molecule has 0 aliphatic rings. The number of rotatable bonds is 4. The van der Waals surface area contributed by atoms with Gasteiger partial charge in [0, 0.05) is 5.54 Å². The summed E-state index contributed by atoms with van der Waals surface area (Å²) < 4.78 is 0. The molecule has 0 fully saturated rings. The van der Waals surface area contributed by atoms with Crippen molar-refractivity contribution in [3.05, 3.63) is 0 Å². The van der Waals surface area contributed by atoms with Crippen LogP contribution in [0.5, 0.6) is 0 Å². The molecule has 10 heavy (non-hydrogen) atoms. The van der Waals surface area contributed by atoms with Crippen molar-refractivity contribution in [1.82, 2.24) is 4.90 Å². The van der Waals surface area contributed by atoms with Crippen LogP contribution in [0.2, 0.25) is 0 Å². The maximum atomic E-state index is 9.11. The first-order valence-electron chi connectivity index (χ1n) is 3.91. The lowest BCUT2D eigenvalue weighted by Crippen LogP contribution is -2.46. The van der Waals surface area contributed by atoms with E-state index in [0.29, 0.717) is 0 Å². The molecule has 0 aliphatic carbocycles. The Hall–Kier alpha value is -0.0800. The predicted octanol–water partition coefficient (Wildman–Crippen LogP) is 1.10. The Labute approximate surface area is 63.8 Å². The predicted molar refractivity (Wildman–Crippen MR) is 44.1 cm³/mol. The number of aliphatic hydroxyl groups is 1. The zero-order valence-corrected chi connectivity index (χ0v) is 7.52. The summed E-state index contributed by atoms with van der Waals surface area (Å²) in [7, 11) is 4.03. The summed E-state index contributed by atoms with van der Waals surface area (Å²) in [5.41, 5.74) is 0.0139. The molecule has 2 nitrogen and oxygen atoms in total. The Morgan fingerprint density at radius 2 is 1.60 bits per heavy atom. The Balaban J connectivity index is 4.15. The van der Waals surface area contributed by atoms with Crippen LogP contribution in [0.15, 0.2) is 0 Å². The Kier molecular flexibility index (Phi) is 3.91. The summed E-state index contributed by atoms with van der Waals surface area (Å²) in [6.07, 6.45) is 2.01. The molecule has 0 saturated carbocycles. The van der Waals surface area contributed by atoms with Gasteiger partial charge in [-0.05, 0) is 26.9 Å². The van der Waals surface area contributed by atoms with E-state index in [4.69, 9.17) is 5.11 Å². The molecule has 0 aromatic heterocycles. The number of hydrogen-bond acceptors (Lipinski definition) is 2. The molecule has 0 rings (SSSR count). The zero-order chi connectivity index (χ0) is 8.20. The lowest BCUT2D eigenvalue weighted by atomic mass is 9.93. The molecular formula is C8H19NO. The van der Waals surface area contributed by atoms with Crippen LogP contribution >= 0.6 is 0 Å². The van der Waals surface area contributed by atoms with Crippen LogP contribution in [0.25, 0.3) is 0 Å². The van der Waals surface area contributed by atoms with Gasteiger partial charge in [-0.3, -0.25) is 0 Å². The molecule has 0 saturated heterocycles. The molecule has 0 atom stereocenters. The van der Waals surface area contributed by atoms with Gasteiger partial charge in [-0.15, -0.1) is 0 Å². The molecule has 1 N–H and O–H groups in total. The maximum absolute atomic E-state index is 9.11. The molecular weight excluding hydrogens is 126 g/mol. The highest BCUT2D eigenvalue weighted by Crippen LogP contribution is 2.19. The van der Waals surface area contributed by atoms with E-state index in [9.17, 15) is 0 Å². The van der Waals surface area contributed by atoms with Crippen molar-refractivity contribution in [2.75, 3.05) is 20.7 Å². The molecule has 0 bridgehead atoms. The summed E-state index contributed by atoms with van der Waals surface area (Å²) in [6, 6.07) is 0. The van der Waals surface area contributed by atoms with E-state index >= 15 is 0 Å². The van der Waals surface area contributed by atoms with Gasteiger partial charge in [0.15, 0.2) is 0 Å². The van der Waals surface area contributed by atoms with Gasteiger partial charge in [0.2, 0.25) is 0 Å². The molecule has 0 unspecified atom stereocenters. The Bertz CT molecular complexity index is 79.0. The fraction of sp³-hybridized carbons (Fsp3) is 1.00. The van der Waals surface area contributed by atoms with Gasteiger partial charge in [-0.2, -0.15) is 0 Å². The molecule has 2 heteroatoms. The quantitative estimate of drug-likeness (QED) is 0.640. The van der Waals surface area contributed by atoms with E-state index in [0.717, 1.165) is 12.8 Å². The number of nitrogens with zero attached hydrogens (tertiary/aromatic N) is 1. The second-order valence-electron chi connectivity index (χ2n) is 2.98. The smallest absolute Gasteiger partial charge is 0.0615 e. The Morgan fingerprint density at radius 3 is 1.60 bits per heavy atom. The summed E-state index contributed by atoms with van der Waals surface area (Å²) in [5, 5.41) is 9.11. The van der Waals surface area contributed by atoms with Gasteiger partial charge >= 0.3 is 0 Å². The SMILES string of the molecule is CCC(CC)(CO)N(C)C. The number of likely N-dealkylation sites (N-methyl/N-ethyl adjacent to an activating group) is 1. The highest BCUT2D eigenvalue weighted by Gasteiger charge is 2.26. The second kappa shape index (κ2) is 3.94. The number of aliphatic hydroxyl groups excluding tert-OH is 1. The molecule has 0 spiro atoms. The first kappa shape index (κ1) is 9.92. The van der Waals surface area contributed by atoms with Gasteiger partial charge in [-0.1, -0.05) is 13.8 Å². The normalized spacial score (nSPS) is 12.6. The van der Waals surface area contributed by atoms with E-state index in [2.05, 4.69) is 18.7 Å². The average molecular weight is 145 g/mol. The topological polar surface area (TPSA) is 23.5 Å². The zero-order valence-electron chi connectivity index (χ0n) is 7.52. The molecule has 0 aromatic rings. The number of hydrogen-bond donors (Lipinski definition) is 1. The van der Waals surface area contributed by atoms with Crippen molar-refractivity contribution in [2.45, 2.75) is 32.2 Å². The minimum atomic E-state index is 0.0139. The lowest BCUT2D eigenvalue weighted by molar-refractivity contribution is 0.0611. The van der Waals surface area contributed by atoms with Crippen LogP contribution in [-0.2, 0) is 0 Å². The lowest BCUT2D eigenvalue weighted by Gasteiger charge is -2.36. The minimum Gasteiger partial charge on any atom is -0.394 e. The van der Waals surface area contributed by atoms with Gasteiger partial charge in [0.25, 0.3) is 0 Å². The minimum absolute atomic E-state index is 0.0139. The van der Waals surface area contributed by atoms with Crippen LogP contribution in [0.4, 0.5) is 0 Å². The summed E-state index contributed by atoms with van der Waals surface area (Å²) >= 11 is 0. The van der Waals surface area contributed by atoms with Crippen molar-refractivity contribution in [3.63, 3.8) is 0 Å². The van der Waals surface area contributed by atoms with Crippen molar-refractivity contribution in [1.29, 1.82) is 0 Å². The van der Waals surface area contributed by atoms with E-state index in [-0.39, 0.29) is 12.1 Å². The van der Waals surface area contributed by atoms with Crippen LogP contribution < -0.4 is 0 Å². The van der Waals surface area contributed by atoms with Crippen molar-refractivity contribution in [3.8, 4) is 0 Å². The summed E-state index contributed by atoms with van der Waals surface area (Å²) in [4.78, 5) is 2.10. The monoisotopic (exact) mass is 145 g/mol. The summed E-state index contributed by atoms with van der Waals surface area (Å²) in [5.74, 6) is 0. The van der Waals surface area contributed by atoms with E-state index in [1.807, 2.05) is 14.1 Å². The maximum Gasteiger partial charge on any atom is 0.0615 e. The third-order valence-corrected chi connectivity index (χ3v) is 2.56. The van der Waals surface area contributed by atoms with Gasteiger partial charge in [-0.25, -0.2) is 0 Å². The average Bonchev–Trinajstić information content (AvgIpc) is 1.92. The molecule has 62 valence electrons. The van der Waals surface area contributed by atoms with Crippen LogP contribution in [0.1, 0.15) is 26.7 Å².